The van der Waals surface area contributed by atoms with Crippen molar-refractivity contribution in [1.29, 1.82) is 0 Å². The topological polar surface area (TPSA) is 64.3 Å². The number of hydrogen-bond donors (Lipinski definition) is 1. The van der Waals surface area contributed by atoms with Gasteiger partial charge in [-0.2, -0.15) is 16.7 Å². The number of nitrogens with two attached hydrogens (primary N) is 1. The summed E-state index contributed by atoms with van der Waals surface area (Å²) < 4.78 is 5.60. The van der Waals surface area contributed by atoms with Gasteiger partial charge in [-0.3, -0.25) is 0 Å². The lowest BCUT2D eigenvalue weighted by Crippen LogP contribution is -2.37. The predicted molar refractivity (Wildman–Crippen MR) is 76.3 cm³/mol. The van der Waals surface area contributed by atoms with Gasteiger partial charge in [-0.25, -0.2) is 4.98 Å². The highest BCUT2D eigenvalue weighted by atomic mass is 32.2. The van der Waals surface area contributed by atoms with Gasteiger partial charge in [0, 0.05) is 24.1 Å². The van der Waals surface area contributed by atoms with E-state index in [1.165, 1.54) is 6.33 Å². The minimum absolute atomic E-state index is 0.0610. The summed E-state index contributed by atoms with van der Waals surface area (Å²) in [5, 5.41) is 0.600. The molecule has 18 heavy (non-hydrogen) atoms. The normalized spacial score (nSPS) is 20.2. The van der Waals surface area contributed by atoms with Crippen LogP contribution in [0.2, 0.25) is 0 Å². The number of nitrogen functional groups attached to an aromatic ring is 1. The fourth-order valence-corrected chi connectivity index (χ4v) is 2.96. The summed E-state index contributed by atoms with van der Waals surface area (Å²) in [5.41, 5.74) is 6.66. The Morgan fingerprint density at radius 2 is 2.28 bits per heavy atom. The molecule has 2 N–H and O–H groups in total. The molecule has 0 spiro atoms. The van der Waals surface area contributed by atoms with Crippen LogP contribution in [-0.4, -0.2) is 40.2 Å². The summed E-state index contributed by atoms with van der Waals surface area (Å²) in [6.07, 6.45) is 1.58. The molecule has 1 aromatic heterocycles. The second-order valence-electron chi connectivity index (χ2n) is 4.71. The molecule has 1 atom stereocenters. The summed E-state index contributed by atoms with van der Waals surface area (Å²) in [6, 6.07) is 0. The van der Waals surface area contributed by atoms with E-state index in [4.69, 9.17) is 10.5 Å². The molecule has 0 saturated carbocycles. The molecule has 0 aromatic carbocycles. The van der Waals surface area contributed by atoms with E-state index in [2.05, 4.69) is 21.8 Å². The summed E-state index contributed by atoms with van der Waals surface area (Å²) in [4.78, 5) is 10.6. The molecule has 1 aromatic rings. The minimum Gasteiger partial charge on any atom is -0.473 e. The van der Waals surface area contributed by atoms with Gasteiger partial charge in [0.15, 0.2) is 5.82 Å². The summed E-state index contributed by atoms with van der Waals surface area (Å²) in [5.74, 6) is 2.39. The number of rotatable bonds is 3. The van der Waals surface area contributed by atoms with Crippen molar-refractivity contribution >= 4 is 23.3 Å². The van der Waals surface area contributed by atoms with E-state index < -0.39 is 0 Å². The van der Waals surface area contributed by atoms with Crippen LogP contribution in [0, 0.1) is 0 Å². The molecule has 2 heterocycles. The first-order chi connectivity index (χ1) is 8.58. The number of aromatic nitrogens is 2. The van der Waals surface area contributed by atoms with Gasteiger partial charge < -0.3 is 15.4 Å². The molecule has 6 heteroatoms. The van der Waals surface area contributed by atoms with Gasteiger partial charge in [-0.05, 0) is 13.8 Å². The lowest BCUT2D eigenvalue weighted by molar-refractivity contribution is 0.234. The SMILES string of the molecule is CC(C)Oc1ncnc(N2CCSC(C)C2)c1N. The van der Waals surface area contributed by atoms with Crippen LogP contribution in [-0.2, 0) is 0 Å². The van der Waals surface area contributed by atoms with Crippen LogP contribution >= 0.6 is 11.8 Å². The molecule has 0 aliphatic carbocycles. The molecule has 1 unspecified atom stereocenters. The quantitative estimate of drug-likeness (QED) is 0.901. The maximum atomic E-state index is 6.11. The van der Waals surface area contributed by atoms with Gasteiger partial charge in [-0.1, -0.05) is 6.92 Å². The van der Waals surface area contributed by atoms with Gasteiger partial charge >= 0.3 is 0 Å². The lowest BCUT2D eigenvalue weighted by atomic mass is 10.3. The van der Waals surface area contributed by atoms with Crippen LogP contribution in [0.15, 0.2) is 6.33 Å². The number of thioether (sulfide) groups is 1. The van der Waals surface area contributed by atoms with E-state index >= 15 is 0 Å². The van der Waals surface area contributed by atoms with E-state index in [1.807, 2.05) is 25.6 Å². The largest absolute Gasteiger partial charge is 0.473 e. The Hall–Kier alpha value is -1.17. The molecule has 0 bridgehead atoms. The van der Waals surface area contributed by atoms with Crippen LogP contribution in [0.5, 0.6) is 5.88 Å². The second-order valence-corrected chi connectivity index (χ2v) is 6.26. The predicted octanol–water partition coefficient (Wildman–Crippen LogP) is 1.79. The molecule has 1 aliphatic rings. The summed E-state index contributed by atoms with van der Waals surface area (Å²) in [7, 11) is 0. The van der Waals surface area contributed by atoms with Gasteiger partial charge in [0.2, 0.25) is 5.88 Å². The summed E-state index contributed by atoms with van der Waals surface area (Å²) in [6.45, 7) is 8.08. The average molecular weight is 268 g/mol. The molecular formula is C12H20N4OS. The molecule has 2 rings (SSSR count). The third kappa shape index (κ3) is 2.98. The van der Waals surface area contributed by atoms with E-state index in [0.717, 1.165) is 24.7 Å². The Bertz CT molecular complexity index is 413. The average Bonchev–Trinajstić information content (AvgIpc) is 2.31. The fourth-order valence-electron chi connectivity index (χ4n) is 1.95. The first kappa shape index (κ1) is 13.3. The van der Waals surface area contributed by atoms with Crippen molar-refractivity contribution in [3.63, 3.8) is 0 Å². The van der Waals surface area contributed by atoms with Gasteiger partial charge in [0.1, 0.15) is 12.0 Å². The van der Waals surface area contributed by atoms with Crippen LogP contribution in [0.1, 0.15) is 20.8 Å². The van der Waals surface area contributed by atoms with E-state index in [-0.39, 0.29) is 6.10 Å². The third-order valence-corrected chi connectivity index (χ3v) is 3.85. The van der Waals surface area contributed by atoms with E-state index in [1.54, 1.807) is 0 Å². The number of nitrogens with zero attached hydrogens (tertiary/aromatic N) is 3. The zero-order valence-electron chi connectivity index (χ0n) is 11.1. The Labute approximate surface area is 112 Å². The van der Waals surface area contributed by atoms with Crippen molar-refractivity contribution in [2.75, 3.05) is 29.5 Å². The smallest absolute Gasteiger partial charge is 0.242 e. The highest BCUT2D eigenvalue weighted by Gasteiger charge is 2.22. The third-order valence-electron chi connectivity index (χ3n) is 2.71. The molecular weight excluding hydrogens is 248 g/mol. The second kappa shape index (κ2) is 5.65. The first-order valence-electron chi connectivity index (χ1n) is 6.21. The van der Waals surface area contributed by atoms with Gasteiger partial charge in [0.25, 0.3) is 0 Å². The van der Waals surface area contributed by atoms with Crippen molar-refractivity contribution < 1.29 is 4.74 Å². The molecule has 1 aliphatic heterocycles. The van der Waals surface area contributed by atoms with Crippen LogP contribution in [0.4, 0.5) is 11.5 Å². The van der Waals surface area contributed by atoms with E-state index in [0.29, 0.717) is 16.8 Å². The van der Waals surface area contributed by atoms with Crippen LogP contribution in [0.3, 0.4) is 0 Å². The number of anilines is 2. The van der Waals surface area contributed by atoms with E-state index in [9.17, 15) is 0 Å². The van der Waals surface area contributed by atoms with Crippen molar-refractivity contribution in [2.24, 2.45) is 0 Å². The summed E-state index contributed by atoms with van der Waals surface area (Å²) >= 11 is 1.98. The Morgan fingerprint density at radius 1 is 1.50 bits per heavy atom. The Balaban J connectivity index is 2.22. The van der Waals surface area contributed by atoms with Crippen molar-refractivity contribution in [1.82, 2.24) is 9.97 Å². The monoisotopic (exact) mass is 268 g/mol. The van der Waals surface area contributed by atoms with Crippen LogP contribution < -0.4 is 15.4 Å². The maximum absolute atomic E-state index is 6.11. The molecule has 1 fully saturated rings. The highest BCUT2D eigenvalue weighted by Crippen LogP contribution is 2.31. The van der Waals surface area contributed by atoms with Gasteiger partial charge in [0.05, 0.1) is 6.10 Å². The first-order valence-corrected chi connectivity index (χ1v) is 7.26. The number of hydrogen-bond acceptors (Lipinski definition) is 6. The van der Waals surface area contributed by atoms with Gasteiger partial charge in [-0.15, -0.1) is 0 Å². The zero-order valence-corrected chi connectivity index (χ0v) is 11.9. The molecule has 1 saturated heterocycles. The molecule has 100 valence electrons. The minimum atomic E-state index is 0.0610. The van der Waals surface area contributed by atoms with Crippen molar-refractivity contribution in [3.8, 4) is 5.88 Å². The van der Waals surface area contributed by atoms with Crippen LogP contribution in [0.25, 0.3) is 0 Å². The Morgan fingerprint density at radius 3 is 2.94 bits per heavy atom. The highest BCUT2D eigenvalue weighted by molar-refractivity contribution is 8.00. The Kier molecular flexibility index (Phi) is 4.16. The fraction of sp³-hybridized carbons (Fsp3) is 0.667. The molecule has 0 amide bonds. The van der Waals surface area contributed by atoms with Crippen molar-refractivity contribution in [3.05, 3.63) is 6.33 Å². The maximum Gasteiger partial charge on any atom is 0.242 e. The zero-order chi connectivity index (χ0) is 13.1. The standard InChI is InChI=1S/C12H20N4OS/c1-8(2)17-12-10(13)11(14-7-15-12)16-4-5-18-9(3)6-16/h7-9H,4-6,13H2,1-3H3. The molecule has 5 nitrogen and oxygen atoms in total. The molecule has 0 radical (unpaired) electrons. The lowest BCUT2D eigenvalue weighted by Gasteiger charge is -2.32. The number of ether oxygens (including phenoxy) is 1. The van der Waals surface area contributed by atoms with Crippen molar-refractivity contribution in [2.45, 2.75) is 32.1 Å².